The lowest BCUT2D eigenvalue weighted by atomic mass is 10.0. The van der Waals surface area contributed by atoms with E-state index in [2.05, 4.69) is 43.6 Å². The Morgan fingerprint density at radius 3 is 2.85 bits per heavy atom. The number of aromatic nitrogens is 1. The van der Waals surface area contributed by atoms with Crippen molar-refractivity contribution in [2.45, 2.75) is 39.7 Å². The maximum Gasteiger partial charge on any atom is 0.248 e. The summed E-state index contributed by atoms with van der Waals surface area (Å²) in [6.45, 7) is 10.6. The van der Waals surface area contributed by atoms with Crippen LogP contribution in [0.2, 0.25) is 0 Å². The lowest BCUT2D eigenvalue weighted by molar-refractivity contribution is -0.117. The van der Waals surface area contributed by atoms with Gasteiger partial charge < -0.3 is 4.57 Å². The van der Waals surface area contributed by atoms with Crippen LogP contribution in [0.3, 0.4) is 0 Å². The Hall–Kier alpha value is -1.68. The molecule has 0 saturated heterocycles. The van der Waals surface area contributed by atoms with E-state index in [0.29, 0.717) is 18.9 Å². The first-order valence-corrected chi connectivity index (χ1v) is 7.70. The molecule has 2 rings (SSSR count). The first-order chi connectivity index (χ1) is 9.56. The van der Waals surface area contributed by atoms with Crippen LogP contribution >= 0.6 is 11.3 Å². The van der Waals surface area contributed by atoms with E-state index in [4.69, 9.17) is 0 Å². The van der Waals surface area contributed by atoms with Crippen molar-refractivity contribution in [1.29, 1.82) is 0 Å². The van der Waals surface area contributed by atoms with E-state index in [-0.39, 0.29) is 5.91 Å². The second kappa shape index (κ2) is 6.18. The van der Waals surface area contributed by atoms with E-state index < -0.39 is 0 Å². The number of benzene rings is 1. The molecule has 4 heteroatoms. The summed E-state index contributed by atoms with van der Waals surface area (Å²) in [4.78, 5) is 16.6. The molecule has 0 aliphatic heterocycles. The number of rotatable bonds is 4. The molecule has 1 heterocycles. The van der Waals surface area contributed by atoms with Crippen LogP contribution in [0.1, 0.15) is 38.7 Å². The van der Waals surface area contributed by atoms with Crippen LogP contribution in [-0.2, 0) is 11.3 Å². The molecule has 0 fully saturated rings. The maximum atomic E-state index is 11.6. The van der Waals surface area contributed by atoms with Gasteiger partial charge in [-0.05, 0) is 23.6 Å². The number of allylic oxidation sites excluding steroid dienone is 1. The second-order valence-corrected chi connectivity index (χ2v) is 6.03. The molecule has 3 nitrogen and oxygen atoms in total. The number of carbonyl (C=O) groups excluding carboxylic acids is 1. The zero-order valence-corrected chi connectivity index (χ0v) is 13.0. The van der Waals surface area contributed by atoms with Crippen molar-refractivity contribution in [1.82, 2.24) is 4.57 Å². The highest BCUT2D eigenvalue weighted by atomic mass is 32.1. The number of carbonyl (C=O) groups is 1. The first kappa shape index (κ1) is 14.7. The summed E-state index contributed by atoms with van der Waals surface area (Å²) in [6.07, 6.45) is 2.26. The van der Waals surface area contributed by atoms with Crippen LogP contribution in [0, 0.1) is 0 Å². The van der Waals surface area contributed by atoms with Gasteiger partial charge in [0.25, 0.3) is 0 Å². The summed E-state index contributed by atoms with van der Waals surface area (Å²) in [7, 11) is 0. The quantitative estimate of drug-likeness (QED) is 0.787. The van der Waals surface area contributed by atoms with Crippen LogP contribution in [0.15, 0.2) is 35.8 Å². The highest BCUT2D eigenvalue weighted by Gasteiger charge is 2.08. The fourth-order valence-corrected chi connectivity index (χ4v) is 3.13. The smallest absolute Gasteiger partial charge is 0.248 e. The Balaban J connectivity index is 2.68. The zero-order chi connectivity index (χ0) is 14.7. The largest absolute Gasteiger partial charge is 0.313 e. The van der Waals surface area contributed by atoms with Crippen molar-refractivity contribution in [3.05, 3.63) is 41.2 Å². The molecule has 0 bridgehead atoms. The lowest BCUT2D eigenvalue weighted by Gasteiger charge is -2.05. The van der Waals surface area contributed by atoms with Gasteiger partial charge in [-0.2, -0.15) is 4.99 Å². The van der Waals surface area contributed by atoms with Gasteiger partial charge in [-0.15, -0.1) is 6.58 Å². The molecule has 0 spiro atoms. The summed E-state index contributed by atoms with van der Waals surface area (Å²) in [5.41, 5.74) is 2.42. The van der Waals surface area contributed by atoms with E-state index in [0.717, 1.165) is 10.3 Å². The van der Waals surface area contributed by atoms with Crippen LogP contribution in [-0.4, -0.2) is 10.5 Å². The fraction of sp³-hybridized carbons (Fsp3) is 0.375. The van der Waals surface area contributed by atoms with E-state index in [9.17, 15) is 4.79 Å². The van der Waals surface area contributed by atoms with Gasteiger partial charge in [-0.3, -0.25) is 4.79 Å². The number of thiazole rings is 1. The van der Waals surface area contributed by atoms with Gasteiger partial charge in [0.2, 0.25) is 5.91 Å². The Morgan fingerprint density at radius 2 is 2.25 bits per heavy atom. The van der Waals surface area contributed by atoms with E-state index in [1.165, 1.54) is 10.3 Å². The average Bonchev–Trinajstić information content (AvgIpc) is 2.76. The SMILES string of the molecule is C=CCn1c(=NC(=O)CC)sc2cc(C(C)C)ccc21. The summed E-state index contributed by atoms with van der Waals surface area (Å²) >= 11 is 1.57. The molecule has 0 saturated carbocycles. The van der Waals surface area contributed by atoms with Crippen molar-refractivity contribution >= 4 is 27.5 Å². The molecule has 106 valence electrons. The molecule has 0 aliphatic rings. The van der Waals surface area contributed by atoms with Crippen LogP contribution in [0.25, 0.3) is 10.2 Å². The Morgan fingerprint density at radius 1 is 1.50 bits per heavy atom. The van der Waals surface area contributed by atoms with Crippen LogP contribution < -0.4 is 4.80 Å². The minimum atomic E-state index is -0.0848. The van der Waals surface area contributed by atoms with Gasteiger partial charge in [0.05, 0.1) is 10.2 Å². The Labute approximate surface area is 123 Å². The van der Waals surface area contributed by atoms with Crippen molar-refractivity contribution in [3.8, 4) is 0 Å². The zero-order valence-electron chi connectivity index (χ0n) is 12.2. The molecule has 0 radical (unpaired) electrons. The molecule has 1 aromatic heterocycles. The Kier molecular flexibility index (Phi) is 4.55. The number of hydrogen-bond acceptors (Lipinski definition) is 2. The van der Waals surface area contributed by atoms with Crippen LogP contribution in [0.5, 0.6) is 0 Å². The molecule has 0 N–H and O–H groups in total. The maximum absolute atomic E-state index is 11.6. The molecular weight excluding hydrogens is 268 g/mol. The topological polar surface area (TPSA) is 34.4 Å². The van der Waals surface area contributed by atoms with Gasteiger partial charge in [0.1, 0.15) is 0 Å². The van der Waals surface area contributed by atoms with Gasteiger partial charge in [-0.1, -0.05) is 44.3 Å². The van der Waals surface area contributed by atoms with Gasteiger partial charge in [-0.25, -0.2) is 0 Å². The third-order valence-electron chi connectivity index (χ3n) is 3.21. The average molecular weight is 288 g/mol. The van der Waals surface area contributed by atoms with Gasteiger partial charge in [0, 0.05) is 13.0 Å². The van der Waals surface area contributed by atoms with E-state index >= 15 is 0 Å². The van der Waals surface area contributed by atoms with E-state index in [1.54, 1.807) is 11.3 Å². The normalized spacial score (nSPS) is 12.3. The highest BCUT2D eigenvalue weighted by Crippen LogP contribution is 2.23. The molecule has 2 aromatic rings. The molecule has 0 unspecified atom stereocenters. The van der Waals surface area contributed by atoms with Gasteiger partial charge in [0.15, 0.2) is 4.80 Å². The Bertz CT molecular complexity index is 707. The second-order valence-electron chi connectivity index (χ2n) is 5.02. The summed E-state index contributed by atoms with van der Waals surface area (Å²) in [5.74, 6) is 0.408. The molecule has 0 aliphatic carbocycles. The monoisotopic (exact) mass is 288 g/mol. The highest BCUT2D eigenvalue weighted by molar-refractivity contribution is 7.16. The van der Waals surface area contributed by atoms with Crippen molar-refractivity contribution < 1.29 is 4.79 Å². The third kappa shape index (κ3) is 2.90. The standard InChI is InChI=1S/C16H20N2OS/c1-5-9-18-13-8-7-12(11(3)4)10-14(13)20-16(18)17-15(19)6-2/h5,7-8,10-11H,1,6,9H2,2-4H3. The fourth-order valence-electron chi connectivity index (χ4n) is 2.03. The van der Waals surface area contributed by atoms with Crippen molar-refractivity contribution in [2.75, 3.05) is 0 Å². The molecule has 20 heavy (non-hydrogen) atoms. The summed E-state index contributed by atoms with van der Waals surface area (Å²) in [5, 5.41) is 0. The molecule has 0 atom stereocenters. The predicted octanol–water partition coefficient (Wildman–Crippen LogP) is 3.85. The summed E-state index contributed by atoms with van der Waals surface area (Å²) < 4.78 is 3.21. The molecule has 1 aromatic carbocycles. The summed E-state index contributed by atoms with van der Waals surface area (Å²) in [6, 6.07) is 6.45. The first-order valence-electron chi connectivity index (χ1n) is 6.88. The number of amides is 1. The number of fused-ring (bicyclic) bond motifs is 1. The van der Waals surface area contributed by atoms with Crippen molar-refractivity contribution in [3.63, 3.8) is 0 Å². The van der Waals surface area contributed by atoms with E-state index in [1.807, 2.05) is 17.6 Å². The minimum Gasteiger partial charge on any atom is -0.313 e. The minimum absolute atomic E-state index is 0.0848. The molecule has 1 amide bonds. The number of nitrogens with zero attached hydrogens (tertiary/aromatic N) is 2. The number of hydrogen-bond donors (Lipinski definition) is 0. The van der Waals surface area contributed by atoms with Gasteiger partial charge >= 0.3 is 0 Å². The predicted molar refractivity (Wildman–Crippen MR) is 85.0 cm³/mol. The molecular formula is C16H20N2OS. The lowest BCUT2D eigenvalue weighted by Crippen LogP contribution is -2.15. The van der Waals surface area contributed by atoms with Crippen molar-refractivity contribution in [2.24, 2.45) is 4.99 Å². The van der Waals surface area contributed by atoms with Crippen LogP contribution in [0.4, 0.5) is 0 Å². The third-order valence-corrected chi connectivity index (χ3v) is 4.25.